The van der Waals surface area contributed by atoms with Crippen LogP contribution in [0.4, 0.5) is 0 Å². The average molecular weight is 504 g/mol. The van der Waals surface area contributed by atoms with Crippen LogP contribution in [0.3, 0.4) is 0 Å². The predicted molar refractivity (Wildman–Crippen MR) is 117 cm³/mol. The van der Waals surface area contributed by atoms with Gasteiger partial charge in [0.05, 0.1) is 40.6 Å². The minimum absolute atomic E-state index is 0.0368. The Labute approximate surface area is 201 Å². The first kappa shape index (κ1) is 27.5. The number of hydrogen-bond donors (Lipinski definition) is 7. The third-order valence-electron chi connectivity index (χ3n) is 5.83. The molecule has 0 radical (unpaired) electrons. The van der Waals surface area contributed by atoms with Gasteiger partial charge < -0.3 is 64.2 Å². The Morgan fingerprint density at radius 2 is 1.69 bits per heavy atom. The first-order valence-corrected chi connectivity index (χ1v) is 10.8. The van der Waals surface area contributed by atoms with Crippen molar-refractivity contribution in [3.8, 4) is 17.2 Å². The second kappa shape index (κ2) is 11.8. The molecule has 3 rings (SSSR count). The lowest BCUT2D eigenvalue weighted by molar-refractivity contribution is -0.319. The van der Waals surface area contributed by atoms with Gasteiger partial charge >= 0.3 is 0 Å². The summed E-state index contributed by atoms with van der Waals surface area (Å²) in [7, 11) is 2.76. The van der Waals surface area contributed by atoms with Crippen molar-refractivity contribution >= 4 is 6.08 Å². The molecule has 2 fully saturated rings. The largest absolute Gasteiger partial charge is 0.493 e. The normalized spacial score (nSPS) is 35.4. The average Bonchev–Trinajstić information content (AvgIpc) is 3.16. The van der Waals surface area contributed by atoms with Crippen molar-refractivity contribution in [1.29, 1.82) is 0 Å². The second-order valence-electron chi connectivity index (χ2n) is 8.15. The summed E-state index contributed by atoms with van der Waals surface area (Å²) in [6, 6.07) is 3.17. The molecule has 198 valence electrons. The fourth-order valence-corrected chi connectivity index (χ4v) is 3.78. The van der Waals surface area contributed by atoms with Gasteiger partial charge in [0.2, 0.25) is 12.0 Å². The number of ether oxygens (including phenoxy) is 6. The highest BCUT2D eigenvalue weighted by Crippen LogP contribution is 2.41. The van der Waals surface area contributed by atoms with Gasteiger partial charge in [0.15, 0.2) is 23.9 Å². The molecular weight excluding hydrogens is 472 g/mol. The molecule has 0 unspecified atom stereocenters. The Kier molecular flexibility index (Phi) is 9.28. The van der Waals surface area contributed by atoms with E-state index in [4.69, 9.17) is 33.5 Å². The molecule has 2 aliphatic rings. The summed E-state index contributed by atoms with van der Waals surface area (Å²) in [5, 5.41) is 69.6. The second-order valence-corrected chi connectivity index (χ2v) is 8.15. The van der Waals surface area contributed by atoms with E-state index in [1.807, 2.05) is 0 Å². The van der Waals surface area contributed by atoms with Crippen molar-refractivity contribution in [2.24, 2.45) is 0 Å². The van der Waals surface area contributed by atoms with Gasteiger partial charge in [0.1, 0.15) is 30.0 Å². The molecule has 35 heavy (non-hydrogen) atoms. The molecule has 2 heterocycles. The summed E-state index contributed by atoms with van der Waals surface area (Å²) in [4.78, 5) is 0. The third kappa shape index (κ3) is 5.70. The molecule has 1 aromatic rings. The quantitative estimate of drug-likeness (QED) is 0.175. The number of methoxy groups -OCH3 is 2. The highest BCUT2D eigenvalue weighted by molar-refractivity contribution is 5.62. The van der Waals surface area contributed by atoms with Crippen molar-refractivity contribution in [1.82, 2.24) is 0 Å². The van der Waals surface area contributed by atoms with Crippen LogP contribution >= 0.6 is 0 Å². The van der Waals surface area contributed by atoms with E-state index < -0.39 is 68.5 Å². The molecule has 13 nitrogen and oxygen atoms in total. The minimum atomic E-state index is -1.99. The zero-order chi connectivity index (χ0) is 25.8. The fourth-order valence-electron chi connectivity index (χ4n) is 3.78. The summed E-state index contributed by atoms with van der Waals surface area (Å²) >= 11 is 0. The van der Waals surface area contributed by atoms with Crippen molar-refractivity contribution in [2.45, 2.75) is 48.7 Å². The van der Waals surface area contributed by atoms with Crippen LogP contribution < -0.4 is 14.2 Å². The molecule has 0 aromatic heterocycles. The van der Waals surface area contributed by atoms with Gasteiger partial charge in [-0.05, 0) is 17.7 Å². The molecular formula is C22H32O13. The van der Waals surface area contributed by atoms with Crippen LogP contribution in [0.2, 0.25) is 0 Å². The van der Waals surface area contributed by atoms with Crippen LogP contribution in [0.15, 0.2) is 18.2 Å². The van der Waals surface area contributed by atoms with Gasteiger partial charge in [-0.2, -0.15) is 0 Å². The number of aliphatic hydroxyl groups is 7. The van der Waals surface area contributed by atoms with Gasteiger partial charge in [-0.15, -0.1) is 0 Å². The monoisotopic (exact) mass is 504 g/mol. The van der Waals surface area contributed by atoms with Gasteiger partial charge in [-0.3, -0.25) is 0 Å². The number of rotatable bonds is 10. The standard InChI is InChI=1S/C22H32O13/c1-30-12-6-11(4-3-5-23)7-13(31-2)17(12)34-20-18(16(27)15(26)14(8-24)33-20)35-21-19(28)22(29,9-25)10-32-21/h3-4,6-7,14-16,18-21,23-29H,5,8-10H2,1-2H3/b4-3-/t14-,15-,16+,18-,19+,20-,21+,22-/m1/s1. The molecule has 8 atom stereocenters. The maximum atomic E-state index is 10.7. The zero-order valence-corrected chi connectivity index (χ0v) is 19.3. The first-order valence-electron chi connectivity index (χ1n) is 10.8. The van der Waals surface area contributed by atoms with E-state index >= 15 is 0 Å². The Hall–Kier alpha value is -2.04. The Morgan fingerprint density at radius 3 is 2.20 bits per heavy atom. The van der Waals surface area contributed by atoms with Crippen LogP contribution in [0.1, 0.15) is 5.56 Å². The molecule has 0 aliphatic carbocycles. The molecule has 1 aromatic carbocycles. The van der Waals surface area contributed by atoms with E-state index in [1.165, 1.54) is 20.3 Å². The maximum Gasteiger partial charge on any atom is 0.230 e. The van der Waals surface area contributed by atoms with E-state index in [1.54, 1.807) is 18.2 Å². The van der Waals surface area contributed by atoms with Crippen LogP contribution in [-0.4, -0.2) is 125 Å². The third-order valence-corrected chi connectivity index (χ3v) is 5.83. The van der Waals surface area contributed by atoms with Gasteiger partial charge in [-0.1, -0.05) is 12.2 Å². The smallest absolute Gasteiger partial charge is 0.230 e. The van der Waals surface area contributed by atoms with E-state index in [0.717, 1.165) is 0 Å². The summed E-state index contributed by atoms with van der Waals surface area (Å²) in [5.41, 5.74) is -1.37. The predicted octanol–water partition coefficient (Wildman–Crippen LogP) is -2.65. The molecule has 2 saturated heterocycles. The Bertz CT molecular complexity index is 839. The maximum absolute atomic E-state index is 10.7. The van der Waals surface area contributed by atoms with Crippen molar-refractivity contribution in [3.05, 3.63) is 23.8 Å². The van der Waals surface area contributed by atoms with Gasteiger partial charge in [-0.25, -0.2) is 0 Å². The topological polar surface area (TPSA) is 197 Å². The number of aliphatic hydroxyl groups excluding tert-OH is 6. The highest BCUT2D eigenvalue weighted by Gasteiger charge is 2.53. The summed E-state index contributed by atoms with van der Waals surface area (Å²) in [6.07, 6.45) is -7.54. The summed E-state index contributed by atoms with van der Waals surface area (Å²) in [6.45, 7) is -2.09. The molecule has 2 aliphatic heterocycles. The molecule has 7 N–H and O–H groups in total. The van der Waals surface area contributed by atoms with E-state index in [-0.39, 0.29) is 23.9 Å². The fraction of sp³-hybridized carbons (Fsp3) is 0.636. The van der Waals surface area contributed by atoms with Crippen LogP contribution in [0, 0.1) is 0 Å². The van der Waals surface area contributed by atoms with E-state index in [0.29, 0.717) is 5.56 Å². The van der Waals surface area contributed by atoms with Gasteiger partial charge in [0, 0.05) is 0 Å². The first-order chi connectivity index (χ1) is 16.7. The van der Waals surface area contributed by atoms with Crippen molar-refractivity contribution < 1.29 is 64.2 Å². The molecule has 0 bridgehead atoms. The van der Waals surface area contributed by atoms with E-state index in [9.17, 15) is 30.6 Å². The van der Waals surface area contributed by atoms with Crippen molar-refractivity contribution in [3.63, 3.8) is 0 Å². The lowest BCUT2D eigenvalue weighted by atomic mass is 9.98. The highest BCUT2D eigenvalue weighted by atomic mass is 16.8. The number of benzene rings is 1. The summed E-state index contributed by atoms with van der Waals surface area (Å²) in [5.74, 6) is 0.421. The van der Waals surface area contributed by atoms with Gasteiger partial charge in [0.25, 0.3) is 0 Å². The molecule has 13 heteroatoms. The summed E-state index contributed by atoms with van der Waals surface area (Å²) < 4.78 is 33.3. The van der Waals surface area contributed by atoms with Crippen LogP contribution in [-0.2, 0) is 14.2 Å². The van der Waals surface area contributed by atoms with Crippen LogP contribution in [0.5, 0.6) is 17.2 Å². The SMILES string of the molecule is COc1cc(/C=C\CO)cc(OC)c1O[C@H]1O[C@H](CO)[C@@H](O)[C@H](O)[C@H]1O[C@@H]1OC[C@](O)(CO)[C@H]1O. The Balaban J connectivity index is 1.93. The number of hydrogen-bond acceptors (Lipinski definition) is 13. The Morgan fingerprint density at radius 1 is 1.03 bits per heavy atom. The lowest BCUT2D eigenvalue weighted by Gasteiger charge is -2.42. The molecule has 0 saturated carbocycles. The minimum Gasteiger partial charge on any atom is -0.493 e. The molecule has 0 amide bonds. The lowest BCUT2D eigenvalue weighted by Crippen LogP contribution is -2.62. The van der Waals surface area contributed by atoms with E-state index in [2.05, 4.69) is 0 Å². The zero-order valence-electron chi connectivity index (χ0n) is 19.3. The van der Waals surface area contributed by atoms with Crippen LogP contribution in [0.25, 0.3) is 6.08 Å². The van der Waals surface area contributed by atoms with Crippen molar-refractivity contribution in [2.75, 3.05) is 40.6 Å². The molecule has 0 spiro atoms.